The zero-order chi connectivity index (χ0) is 15.4. The normalized spacial score (nSPS) is 17.4. The van der Waals surface area contributed by atoms with E-state index in [0.29, 0.717) is 6.04 Å². The van der Waals surface area contributed by atoms with E-state index in [4.69, 9.17) is 0 Å². The minimum absolute atomic E-state index is 0.369. The second-order valence-electron chi connectivity index (χ2n) is 6.19. The van der Waals surface area contributed by atoms with Crippen LogP contribution < -0.4 is 5.32 Å². The van der Waals surface area contributed by atoms with Crippen molar-refractivity contribution >= 4 is 0 Å². The Hall–Kier alpha value is -1.64. The Balaban J connectivity index is 1.95. The molecule has 1 heterocycles. The van der Waals surface area contributed by atoms with Gasteiger partial charge in [0.15, 0.2) is 0 Å². The summed E-state index contributed by atoms with van der Waals surface area (Å²) < 4.78 is 0. The molecule has 0 radical (unpaired) electrons. The molecule has 1 fully saturated rings. The van der Waals surface area contributed by atoms with E-state index in [1.165, 1.54) is 22.3 Å². The van der Waals surface area contributed by atoms with Crippen molar-refractivity contribution in [3.8, 4) is 0 Å². The molecule has 0 bridgehead atoms. The average molecular weight is 294 g/mol. The highest BCUT2D eigenvalue weighted by Crippen LogP contribution is 2.29. The smallest absolute Gasteiger partial charge is 0.0602 e. The number of benzene rings is 2. The van der Waals surface area contributed by atoms with Crippen molar-refractivity contribution in [1.82, 2.24) is 10.2 Å². The maximum absolute atomic E-state index is 3.46. The molecule has 116 valence electrons. The Labute approximate surface area is 134 Å². The standard InChI is InChI=1S/C20H26N2/c1-3-17-6-10-19(11-7-17)20(22-14-12-21-13-15-22)18-8-4-16(2)5-9-18/h4-11,20-21H,3,12-15H2,1-2H3. The van der Waals surface area contributed by atoms with Gasteiger partial charge in [0, 0.05) is 26.2 Å². The third kappa shape index (κ3) is 3.40. The molecular weight excluding hydrogens is 268 g/mol. The number of nitrogens with zero attached hydrogens (tertiary/aromatic N) is 1. The van der Waals surface area contributed by atoms with E-state index >= 15 is 0 Å². The second kappa shape index (κ2) is 7.08. The van der Waals surface area contributed by atoms with Crippen molar-refractivity contribution < 1.29 is 0 Å². The van der Waals surface area contributed by atoms with E-state index in [1.54, 1.807) is 0 Å². The van der Waals surface area contributed by atoms with Crippen LogP contribution in [0.2, 0.25) is 0 Å². The summed E-state index contributed by atoms with van der Waals surface area (Å²) in [5, 5.41) is 3.46. The van der Waals surface area contributed by atoms with Crippen LogP contribution in [0.5, 0.6) is 0 Å². The van der Waals surface area contributed by atoms with Crippen LogP contribution in [-0.4, -0.2) is 31.1 Å². The predicted octanol–water partition coefficient (Wildman–Crippen LogP) is 3.55. The third-order valence-corrected chi connectivity index (χ3v) is 4.61. The minimum Gasteiger partial charge on any atom is -0.314 e. The molecule has 2 nitrogen and oxygen atoms in total. The Morgan fingerprint density at radius 1 is 0.909 bits per heavy atom. The fourth-order valence-electron chi connectivity index (χ4n) is 3.24. The summed E-state index contributed by atoms with van der Waals surface area (Å²) in [5.41, 5.74) is 5.54. The number of piperazine rings is 1. The molecule has 1 unspecified atom stereocenters. The van der Waals surface area contributed by atoms with Crippen molar-refractivity contribution in [2.75, 3.05) is 26.2 Å². The van der Waals surface area contributed by atoms with Crippen molar-refractivity contribution in [3.63, 3.8) is 0 Å². The molecule has 22 heavy (non-hydrogen) atoms. The molecule has 1 aliphatic rings. The van der Waals surface area contributed by atoms with E-state index in [-0.39, 0.29) is 0 Å². The monoisotopic (exact) mass is 294 g/mol. The fraction of sp³-hybridized carbons (Fsp3) is 0.400. The number of aryl methyl sites for hydroxylation is 2. The van der Waals surface area contributed by atoms with Gasteiger partial charge in [-0.25, -0.2) is 0 Å². The summed E-state index contributed by atoms with van der Waals surface area (Å²) in [4.78, 5) is 2.60. The lowest BCUT2D eigenvalue weighted by Gasteiger charge is -2.35. The zero-order valence-electron chi connectivity index (χ0n) is 13.7. The van der Waals surface area contributed by atoms with Crippen LogP contribution in [0.1, 0.15) is 35.2 Å². The summed E-state index contributed by atoms with van der Waals surface area (Å²) in [7, 11) is 0. The third-order valence-electron chi connectivity index (χ3n) is 4.61. The van der Waals surface area contributed by atoms with Gasteiger partial charge < -0.3 is 5.32 Å². The zero-order valence-corrected chi connectivity index (χ0v) is 13.7. The molecule has 0 saturated carbocycles. The maximum atomic E-state index is 3.46. The van der Waals surface area contributed by atoms with E-state index < -0.39 is 0 Å². The molecule has 1 N–H and O–H groups in total. The SMILES string of the molecule is CCc1ccc(C(c2ccc(C)cc2)N2CCNCC2)cc1. The van der Waals surface area contributed by atoms with Crippen molar-refractivity contribution in [2.45, 2.75) is 26.3 Å². The Morgan fingerprint density at radius 2 is 1.45 bits per heavy atom. The molecule has 1 saturated heterocycles. The first-order valence-electron chi connectivity index (χ1n) is 8.38. The van der Waals surface area contributed by atoms with Gasteiger partial charge in [-0.05, 0) is 30.0 Å². The van der Waals surface area contributed by atoms with E-state index in [0.717, 1.165) is 32.6 Å². The van der Waals surface area contributed by atoms with Crippen LogP contribution in [-0.2, 0) is 6.42 Å². The number of hydrogen-bond donors (Lipinski definition) is 1. The number of rotatable bonds is 4. The van der Waals surface area contributed by atoms with Gasteiger partial charge in [-0.3, -0.25) is 4.90 Å². The fourth-order valence-corrected chi connectivity index (χ4v) is 3.24. The summed E-state index contributed by atoms with van der Waals surface area (Å²) in [6.45, 7) is 8.73. The van der Waals surface area contributed by atoms with Crippen molar-refractivity contribution in [2.24, 2.45) is 0 Å². The summed E-state index contributed by atoms with van der Waals surface area (Å²) in [5.74, 6) is 0. The van der Waals surface area contributed by atoms with Crippen LogP contribution in [0.4, 0.5) is 0 Å². The highest BCUT2D eigenvalue weighted by molar-refractivity contribution is 5.35. The molecule has 2 heteroatoms. The van der Waals surface area contributed by atoms with E-state index in [9.17, 15) is 0 Å². The molecule has 0 spiro atoms. The lowest BCUT2D eigenvalue weighted by atomic mass is 9.94. The Kier molecular flexibility index (Phi) is 4.91. The minimum atomic E-state index is 0.369. The van der Waals surface area contributed by atoms with Crippen LogP contribution in [0.25, 0.3) is 0 Å². The molecule has 3 rings (SSSR count). The summed E-state index contributed by atoms with van der Waals surface area (Å²) in [6, 6.07) is 18.6. The Morgan fingerprint density at radius 3 is 2.00 bits per heavy atom. The van der Waals surface area contributed by atoms with E-state index in [2.05, 4.69) is 72.6 Å². The lowest BCUT2D eigenvalue weighted by Crippen LogP contribution is -2.45. The van der Waals surface area contributed by atoms with Gasteiger partial charge in [-0.15, -0.1) is 0 Å². The first-order valence-corrected chi connectivity index (χ1v) is 8.38. The molecule has 0 aromatic heterocycles. The largest absolute Gasteiger partial charge is 0.314 e. The maximum Gasteiger partial charge on any atom is 0.0602 e. The number of nitrogens with one attached hydrogen (secondary N) is 1. The molecular formula is C20H26N2. The lowest BCUT2D eigenvalue weighted by molar-refractivity contribution is 0.198. The molecule has 1 aliphatic heterocycles. The highest BCUT2D eigenvalue weighted by Gasteiger charge is 2.23. The van der Waals surface area contributed by atoms with Crippen LogP contribution in [0, 0.1) is 6.92 Å². The molecule has 2 aromatic carbocycles. The van der Waals surface area contributed by atoms with Crippen molar-refractivity contribution in [1.29, 1.82) is 0 Å². The molecule has 2 aromatic rings. The van der Waals surface area contributed by atoms with Crippen LogP contribution in [0.15, 0.2) is 48.5 Å². The van der Waals surface area contributed by atoms with Gasteiger partial charge in [0.2, 0.25) is 0 Å². The van der Waals surface area contributed by atoms with E-state index in [1.807, 2.05) is 0 Å². The molecule has 1 atom stereocenters. The van der Waals surface area contributed by atoms with Gasteiger partial charge in [0.05, 0.1) is 6.04 Å². The quantitative estimate of drug-likeness (QED) is 0.927. The average Bonchev–Trinajstić information content (AvgIpc) is 2.58. The number of hydrogen-bond acceptors (Lipinski definition) is 2. The van der Waals surface area contributed by atoms with Gasteiger partial charge in [0.1, 0.15) is 0 Å². The van der Waals surface area contributed by atoms with Crippen molar-refractivity contribution in [3.05, 3.63) is 70.8 Å². The predicted molar refractivity (Wildman–Crippen MR) is 93.3 cm³/mol. The van der Waals surface area contributed by atoms with Gasteiger partial charge in [0.25, 0.3) is 0 Å². The molecule has 0 amide bonds. The highest BCUT2D eigenvalue weighted by atomic mass is 15.2. The van der Waals surface area contributed by atoms with Crippen LogP contribution >= 0.6 is 0 Å². The first-order chi connectivity index (χ1) is 10.8. The van der Waals surface area contributed by atoms with Gasteiger partial charge in [-0.2, -0.15) is 0 Å². The van der Waals surface area contributed by atoms with Gasteiger partial charge in [-0.1, -0.05) is 61.0 Å². The summed E-state index contributed by atoms with van der Waals surface area (Å²) >= 11 is 0. The topological polar surface area (TPSA) is 15.3 Å². The first kappa shape index (κ1) is 15.3. The second-order valence-corrected chi connectivity index (χ2v) is 6.19. The molecule has 0 aliphatic carbocycles. The van der Waals surface area contributed by atoms with Gasteiger partial charge >= 0.3 is 0 Å². The Bertz CT molecular complexity index is 580. The summed E-state index contributed by atoms with van der Waals surface area (Å²) in [6.07, 6.45) is 1.10. The van der Waals surface area contributed by atoms with Crippen LogP contribution in [0.3, 0.4) is 0 Å².